The zero-order valence-corrected chi connectivity index (χ0v) is 12.3. The van der Waals surface area contributed by atoms with Crippen LogP contribution in [0.1, 0.15) is 24.8 Å². The molecule has 0 aliphatic carbocycles. The van der Waals surface area contributed by atoms with E-state index in [9.17, 15) is 9.90 Å². The molecule has 114 valence electrons. The van der Waals surface area contributed by atoms with Crippen LogP contribution in [0, 0.1) is 5.92 Å². The highest BCUT2D eigenvalue weighted by atomic mass is 16.5. The Hall–Kier alpha value is -1.39. The van der Waals surface area contributed by atoms with Gasteiger partial charge in [-0.25, -0.2) is 0 Å². The average molecular weight is 289 g/mol. The quantitative estimate of drug-likeness (QED) is 0.920. The molecule has 2 aliphatic rings. The summed E-state index contributed by atoms with van der Waals surface area (Å²) in [5, 5.41) is 10.2. The number of aliphatic hydroxyl groups is 1. The molecule has 2 heterocycles. The fraction of sp³-hybridized carbons (Fsp3) is 0.588. The summed E-state index contributed by atoms with van der Waals surface area (Å²) in [5.41, 5.74) is 1.17. The van der Waals surface area contributed by atoms with E-state index in [1.165, 1.54) is 5.56 Å². The van der Waals surface area contributed by atoms with E-state index >= 15 is 0 Å². The minimum Gasteiger partial charge on any atom is -0.391 e. The van der Waals surface area contributed by atoms with Crippen LogP contribution in [0.3, 0.4) is 0 Å². The first-order valence-corrected chi connectivity index (χ1v) is 7.86. The van der Waals surface area contributed by atoms with Crippen molar-refractivity contribution >= 4 is 5.91 Å². The topological polar surface area (TPSA) is 49.8 Å². The van der Waals surface area contributed by atoms with Gasteiger partial charge < -0.3 is 14.7 Å². The molecule has 0 bridgehead atoms. The van der Waals surface area contributed by atoms with Crippen LogP contribution < -0.4 is 0 Å². The molecular weight excluding hydrogens is 266 g/mol. The van der Waals surface area contributed by atoms with E-state index in [4.69, 9.17) is 4.74 Å². The number of carbonyl (C=O) groups is 1. The summed E-state index contributed by atoms with van der Waals surface area (Å²) in [6.45, 7) is 2.03. The highest BCUT2D eigenvalue weighted by Crippen LogP contribution is 2.26. The molecule has 1 aromatic carbocycles. The summed E-state index contributed by atoms with van der Waals surface area (Å²) in [6.07, 6.45) is 2.63. The van der Waals surface area contributed by atoms with Gasteiger partial charge in [0.25, 0.3) is 0 Å². The van der Waals surface area contributed by atoms with Gasteiger partial charge in [0.15, 0.2) is 0 Å². The molecule has 0 radical (unpaired) electrons. The maximum atomic E-state index is 12.7. The third kappa shape index (κ3) is 3.27. The van der Waals surface area contributed by atoms with Crippen LogP contribution in [0.15, 0.2) is 30.3 Å². The first-order valence-electron chi connectivity index (χ1n) is 7.86. The molecule has 1 N–H and O–H groups in total. The lowest BCUT2D eigenvalue weighted by Crippen LogP contribution is -2.45. The lowest BCUT2D eigenvalue weighted by molar-refractivity contribution is -0.140. The summed E-state index contributed by atoms with van der Waals surface area (Å²) < 4.78 is 5.34. The Balaban J connectivity index is 1.69. The molecular formula is C17H23NO3. The largest absolute Gasteiger partial charge is 0.391 e. The van der Waals surface area contributed by atoms with Crippen molar-refractivity contribution in [3.8, 4) is 0 Å². The van der Waals surface area contributed by atoms with Gasteiger partial charge in [0.05, 0.1) is 12.1 Å². The molecule has 2 fully saturated rings. The molecule has 1 amide bonds. The van der Waals surface area contributed by atoms with E-state index in [0.717, 1.165) is 19.3 Å². The molecule has 0 saturated carbocycles. The van der Waals surface area contributed by atoms with Crippen molar-refractivity contribution in [2.24, 2.45) is 5.92 Å². The van der Waals surface area contributed by atoms with Gasteiger partial charge in [0, 0.05) is 25.7 Å². The van der Waals surface area contributed by atoms with Crippen LogP contribution in [0.4, 0.5) is 0 Å². The van der Waals surface area contributed by atoms with Gasteiger partial charge in [-0.05, 0) is 31.2 Å². The molecule has 3 rings (SSSR count). The third-order valence-electron chi connectivity index (χ3n) is 4.65. The normalized spacial score (nSPS) is 27.0. The van der Waals surface area contributed by atoms with E-state index in [2.05, 4.69) is 12.1 Å². The zero-order valence-electron chi connectivity index (χ0n) is 12.3. The molecule has 2 saturated heterocycles. The summed E-state index contributed by atoms with van der Waals surface area (Å²) in [5.74, 6) is 0.276. The maximum absolute atomic E-state index is 12.7. The molecule has 0 spiro atoms. The van der Waals surface area contributed by atoms with E-state index < -0.39 is 6.10 Å². The van der Waals surface area contributed by atoms with Gasteiger partial charge in [-0.3, -0.25) is 4.79 Å². The van der Waals surface area contributed by atoms with Gasteiger partial charge >= 0.3 is 0 Å². The standard InChI is InChI=1S/C17H23NO3/c19-16-6-9-18(17(20)14-7-10-21-11-8-14)15(16)12-13-4-2-1-3-5-13/h1-5,14-16,19H,6-12H2/t15-,16-/m1/s1. The number of rotatable bonds is 3. The number of benzene rings is 1. The van der Waals surface area contributed by atoms with Crippen molar-refractivity contribution in [1.29, 1.82) is 0 Å². The predicted octanol–water partition coefficient (Wildman–Crippen LogP) is 1.62. The number of amides is 1. The van der Waals surface area contributed by atoms with Crippen LogP contribution in [-0.4, -0.2) is 47.8 Å². The van der Waals surface area contributed by atoms with Crippen molar-refractivity contribution < 1.29 is 14.6 Å². The van der Waals surface area contributed by atoms with Gasteiger partial charge in [0.2, 0.25) is 5.91 Å². The van der Waals surface area contributed by atoms with Crippen molar-refractivity contribution in [1.82, 2.24) is 4.90 Å². The van der Waals surface area contributed by atoms with Gasteiger partial charge in [0.1, 0.15) is 0 Å². The third-order valence-corrected chi connectivity index (χ3v) is 4.65. The van der Waals surface area contributed by atoms with Crippen LogP contribution in [0.2, 0.25) is 0 Å². The Bertz CT molecular complexity index is 470. The first-order chi connectivity index (χ1) is 10.3. The van der Waals surface area contributed by atoms with Crippen LogP contribution in [0.25, 0.3) is 0 Å². The Morgan fingerprint density at radius 1 is 1.19 bits per heavy atom. The number of carbonyl (C=O) groups excluding carboxylic acids is 1. The molecule has 2 aliphatic heterocycles. The highest BCUT2D eigenvalue weighted by Gasteiger charge is 2.38. The van der Waals surface area contributed by atoms with Crippen molar-refractivity contribution in [3.63, 3.8) is 0 Å². The van der Waals surface area contributed by atoms with Crippen LogP contribution in [0.5, 0.6) is 0 Å². The van der Waals surface area contributed by atoms with E-state index in [1.807, 2.05) is 23.1 Å². The average Bonchev–Trinajstić information content (AvgIpc) is 2.90. The zero-order chi connectivity index (χ0) is 14.7. The molecule has 0 unspecified atom stereocenters. The summed E-state index contributed by atoms with van der Waals surface area (Å²) in [4.78, 5) is 14.6. The molecule has 21 heavy (non-hydrogen) atoms. The number of nitrogens with zero attached hydrogens (tertiary/aromatic N) is 1. The van der Waals surface area contributed by atoms with Crippen molar-refractivity contribution in [3.05, 3.63) is 35.9 Å². The van der Waals surface area contributed by atoms with Crippen molar-refractivity contribution in [2.45, 2.75) is 37.8 Å². The summed E-state index contributed by atoms with van der Waals surface area (Å²) in [7, 11) is 0. The maximum Gasteiger partial charge on any atom is 0.226 e. The lowest BCUT2D eigenvalue weighted by atomic mass is 9.96. The predicted molar refractivity (Wildman–Crippen MR) is 79.8 cm³/mol. The van der Waals surface area contributed by atoms with Gasteiger partial charge in [-0.1, -0.05) is 30.3 Å². The Morgan fingerprint density at radius 3 is 2.62 bits per heavy atom. The fourth-order valence-corrected chi connectivity index (χ4v) is 3.39. The van der Waals surface area contributed by atoms with E-state index in [1.54, 1.807) is 0 Å². The molecule has 4 nitrogen and oxygen atoms in total. The van der Waals surface area contributed by atoms with Crippen LogP contribution in [-0.2, 0) is 16.0 Å². The molecule has 2 atom stereocenters. The minimum absolute atomic E-state index is 0.0716. The van der Waals surface area contributed by atoms with Gasteiger partial charge in [-0.2, -0.15) is 0 Å². The second-order valence-electron chi connectivity index (χ2n) is 6.03. The van der Waals surface area contributed by atoms with E-state index in [0.29, 0.717) is 26.2 Å². The Morgan fingerprint density at radius 2 is 1.90 bits per heavy atom. The number of hydrogen-bond donors (Lipinski definition) is 1. The SMILES string of the molecule is O=C(C1CCOCC1)N1CC[C@@H](O)[C@H]1Cc1ccccc1. The smallest absolute Gasteiger partial charge is 0.226 e. The monoisotopic (exact) mass is 289 g/mol. The molecule has 1 aromatic rings. The molecule has 4 heteroatoms. The molecule has 0 aromatic heterocycles. The minimum atomic E-state index is -0.408. The number of hydrogen-bond acceptors (Lipinski definition) is 3. The summed E-state index contributed by atoms with van der Waals surface area (Å²) in [6, 6.07) is 10.0. The first kappa shape index (κ1) is 14.5. The lowest BCUT2D eigenvalue weighted by Gasteiger charge is -2.31. The van der Waals surface area contributed by atoms with Crippen molar-refractivity contribution in [2.75, 3.05) is 19.8 Å². The van der Waals surface area contributed by atoms with Gasteiger partial charge in [-0.15, -0.1) is 0 Å². The Kier molecular flexibility index (Phi) is 4.56. The van der Waals surface area contributed by atoms with E-state index in [-0.39, 0.29) is 17.9 Å². The second kappa shape index (κ2) is 6.58. The fourth-order valence-electron chi connectivity index (χ4n) is 3.39. The summed E-state index contributed by atoms with van der Waals surface area (Å²) >= 11 is 0. The highest BCUT2D eigenvalue weighted by molar-refractivity contribution is 5.79. The number of aliphatic hydroxyl groups excluding tert-OH is 1. The van der Waals surface area contributed by atoms with Crippen LogP contribution >= 0.6 is 0 Å². The number of likely N-dealkylation sites (tertiary alicyclic amines) is 1. The Labute approximate surface area is 125 Å². The number of ether oxygens (including phenoxy) is 1. The second-order valence-corrected chi connectivity index (χ2v) is 6.03.